The van der Waals surface area contributed by atoms with Crippen molar-refractivity contribution in [2.24, 2.45) is 11.3 Å². The van der Waals surface area contributed by atoms with Gasteiger partial charge in [-0.25, -0.2) is 0 Å². The van der Waals surface area contributed by atoms with E-state index in [1.165, 1.54) is 58.2 Å². The van der Waals surface area contributed by atoms with E-state index >= 15 is 0 Å². The molecule has 120 valence electrons. The summed E-state index contributed by atoms with van der Waals surface area (Å²) in [6, 6.07) is 0.900. The number of hydrogen-bond acceptors (Lipinski definition) is 2. The molecule has 0 aromatic heterocycles. The van der Waals surface area contributed by atoms with E-state index in [-0.39, 0.29) is 0 Å². The topological polar surface area (TPSA) is 15.3 Å². The maximum atomic E-state index is 3.68. The van der Waals surface area contributed by atoms with Crippen LogP contribution in [0.15, 0.2) is 0 Å². The Bertz CT molecular complexity index is 242. The molecule has 0 aromatic rings. The van der Waals surface area contributed by atoms with Gasteiger partial charge in [0.05, 0.1) is 0 Å². The molecular formula is C18H38N2. The fraction of sp³-hybridized carbons (Fsp3) is 1.00. The van der Waals surface area contributed by atoms with Gasteiger partial charge in [0.2, 0.25) is 0 Å². The molecule has 0 amide bonds. The van der Waals surface area contributed by atoms with E-state index in [9.17, 15) is 0 Å². The molecule has 0 saturated heterocycles. The lowest BCUT2D eigenvalue weighted by Gasteiger charge is -2.38. The van der Waals surface area contributed by atoms with E-state index in [0.717, 1.165) is 18.5 Å². The molecule has 1 saturated carbocycles. The van der Waals surface area contributed by atoms with Crippen LogP contribution in [0.5, 0.6) is 0 Å². The Morgan fingerprint density at radius 3 is 2.25 bits per heavy atom. The highest BCUT2D eigenvalue weighted by atomic mass is 15.2. The molecule has 1 fully saturated rings. The van der Waals surface area contributed by atoms with Crippen LogP contribution in [0.3, 0.4) is 0 Å². The lowest BCUT2D eigenvalue weighted by molar-refractivity contribution is 0.123. The van der Waals surface area contributed by atoms with Crippen molar-refractivity contribution >= 4 is 0 Å². The zero-order valence-corrected chi connectivity index (χ0v) is 14.7. The molecule has 20 heavy (non-hydrogen) atoms. The maximum absolute atomic E-state index is 3.68. The number of nitrogens with zero attached hydrogens (tertiary/aromatic N) is 1. The van der Waals surface area contributed by atoms with Crippen molar-refractivity contribution in [1.29, 1.82) is 0 Å². The normalized spacial score (nSPS) is 16.4. The molecule has 0 spiro atoms. The Hall–Kier alpha value is -0.0800. The molecule has 0 heterocycles. The van der Waals surface area contributed by atoms with Crippen molar-refractivity contribution in [1.82, 2.24) is 10.2 Å². The molecule has 0 aromatic carbocycles. The van der Waals surface area contributed by atoms with Gasteiger partial charge in [0.1, 0.15) is 0 Å². The summed E-state index contributed by atoms with van der Waals surface area (Å²) in [5.41, 5.74) is 0.481. The Morgan fingerprint density at radius 1 is 1.15 bits per heavy atom. The van der Waals surface area contributed by atoms with Gasteiger partial charge < -0.3 is 5.32 Å². The quantitative estimate of drug-likeness (QED) is 0.537. The Morgan fingerprint density at radius 2 is 1.80 bits per heavy atom. The van der Waals surface area contributed by atoms with Crippen LogP contribution in [0.4, 0.5) is 0 Å². The summed E-state index contributed by atoms with van der Waals surface area (Å²) < 4.78 is 0. The first-order chi connectivity index (χ1) is 9.56. The van der Waals surface area contributed by atoms with Crippen LogP contribution < -0.4 is 5.32 Å². The van der Waals surface area contributed by atoms with Gasteiger partial charge in [0, 0.05) is 19.1 Å². The van der Waals surface area contributed by atoms with Crippen LogP contribution >= 0.6 is 0 Å². The van der Waals surface area contributed by atoms with Crippen LogP contribution in [0.1, 0.15) is 73.1 Å². The second-order valence-corrected chi connectivity index (χ2v) is 7.27. The SMILES string of the molecule is CCCNCC(CC)(CC)CN(CCC(C)C)C1CC1. The van der Waals surface area contributed by atoms with Gasteiger partial charge >= 0.3 is 0 Å². The van der Waals surface area contributed by atoms with Crippen molar-refractivity contribution in [3.63, 3.8) is 0 Å². The van der Waals surface area contributed by atoms with Crippen molar-refractivity contribution in [3.05, 3.63) is 0 Å². The Kier molecular flexibility index (Phi) is 8.13. The molecule has 0 aliphatic heterocycles. The average molecular weight is 283 g/mol. The van der Waals surface area contributed by atoms with E-state index in [2.05, 4.69) is 44.8 Å². The number of rotatable bonds is 12. The van der Waals surface area contributed by atoms with E-state index in [0.29, 0.717) is 5.41 Å². The van der Waals surface area contributed by atoms with E-state index in [1.807, 2.05) is 0 Å². The van der Waals surface area contributed by atoms with E-state index in [4.69, 9.17) is 0 Å². The molecule has 0 radical (unpaired) electrons. The summed E-state index contributed by atoms with van der Waals surface area (Å²) in [5.74, 6) is 0.826. The average Bonchev–Trinajstić information content (AvgIpc) is 3.26. The van der Waals surface area contributed by atoms with Gasteiger partial charge in [-0.15, -0.1) is 0 Å². The summed E-state index contributed by atoms with van der Waals surface area (Å²) in [7, 11) is 0. The van der Waals surface area contributed by atoms with Crippen molar-refractivity contribution < 1.29 is 0 Å². The second kappa shape index (κ2) is 9.04. The predicted molar refractivity (Wildman–Crippen MR) is 90.2 cm³/mol. The zero-order valence-electron chi connectivity index (χ0n) is 14.7. The molecule has 2 nitrogen and oxygen atoms in total. The van der Waals surface area contributed by atoms with Gasteiger partial charge in [0.25, 0.3) is 0 Å². The molecule has 0 bridgehead atoms. The van der Waals surface area contributed by atoms with Crippen LogP contribution in [0.2, 0.25) is 0 Å². The fourth-order valence-corrected chi connectivity index (χ4v) is 3.00. The Balaban J connectivity index is 2.54. The van der Waals surface area contributed by atoms with E-state index in [1.54, 1.807) is 0 Å². The van der Waals surface area contributed by atoms with Gasteiger partial charge in [-0.05, 0) is 62.9 Å². The van der Waals surface area contributed by atoms with Crippen molar-refractivity contribution in [2.45, 2.75) is 79.2 Å². The summed E-state index contributed by atoms with van der Waals surface area (Å²) >= 11 is 0. The van der Waals surface area contributed by atoms with Crippen LogP contribution in [-0.2, 0) is 0 Å². The van der Waals surface area contributed by atoms with Crippen molar-refractivity contribution in [2.75, 3.05) is 26.2 Å². The van der Waals surface area contributed by atoms with Gasteiger partial charge in [-0.3, -0.25) is 4.90 Å². The highest BCUT2D eigenvalue weighted by Crippen LogP contribution is 2.34. The minimum atomic E-state index is 0.481. The minimum absolute atomic E-state index is 0.481. The lowest BCUT2D eigenvalue weighted by Crippen LogP contribution is -2.45. The third-order valence-electron chi connectivity index (χ3n) is 5.02. The first kappa shape index (κ1) is 18.0. The summed E-state index contributed by atoms with van der Waals surface area (Å²) in [6.07, 6.45) is 8.05. The lowest BCUT2D eigenvalue weighted by atomic mass is 9.81. The zero-order chi connectivity index (χ0) is 15.0. The minimum Gasteiger partial charge on any atom is -0.316 e. The first-order valence-corrected chi connectivity index (χ1v) is 9.01. The third kappa shape index (κ3) is 6.13. The first-order valence-electron chi connectivity index (χ1n) is 9.01. The molecule has 1 rings (SSSR count). The summed E-state index contributed by atoms with van der Waals surface area (Å²) in [5, 5.41) is 3.68. The summed E-state index contributed by atoms with van der Waals surface area (Å²) in [4.78, 5) is 2.81. The Labute approximate surface area is 127 Å². The standard InChI is InChI=1S/C18H38N2/c1-6-12-19-14-18(7-2,8-3)15-20(17-9-10-17)13-11-16(4)5/h16-17,19H,6-15H2,1-5H3. The molecule has 2 heteroatoms. The second-order valence-electron chi connectivity index (χ2n) is 7.27. The maximum Gasteiger partial charge on any atom is 0.00966 e. The largest absolute Gasteiger partial charge is 0.316 e. The third-order valence-corrected chi connectivity index (χ3v) is 5.02. The van der Waals surface area contributed by atoms with Gasteiger partial charge in [-0.2, -0.15) is 0 Å². The highest BCUT2D eigenvalue weighted by molar-refractivity contribution is 4.90. The summed E-state index contributed by atoms with van der Waals surface area (Å²) in [6.45, 7) is 16.7. The van der Waals surface area contributed by atoms with Gasteiger partial charge in [0.15, 0.2) is 0 Å². The smallest absolute Gasteiger partial charge is 0.00966 e. The molecule has 0 atom stereocenters. The predicted octanol–water partition coefficient (Wildman–Crippen LogP) is 4.30. The molecular weight excluding hydrogens is 244 g/mol. The molecule has 1 aliphatic rings. The monoisotopic (exact) mass is 282 g/mol. The van der Waals surface area contributed by atoms with Crippen LogP contribution in [-0.4, -0.2) is 37.1 Å². The molecule has 0 unspecified atom stereocenters. The fourth-order valence-electron chi connectivity index (χ4n) is 3.00. The molecule has 1 N–H and O–H groups in total. The number of hydrogen-bond donors (Lipinski definition) is 1. The van der Waals surface area contributed by atoms with Crippen molar-refractivity contribution in [3.8, 4) is 0 Å². The highest BCUT2D eigenvalue weighted by Gasteiger charge is 2.35. The number of nitrogens with one attached hydrogen (secondary N) is 1. The van der Waals surface area contributed by atoms with Crippen LogP contribution in [0.25, 0.3) is 0 Å². The van der Waals surface area contributed by atoms with Gasteiger partial charge in [-0.1, -0.05) is 34.6 Å². The van der Waals surface area contributed by atoms with Crippen LogP contribution in [0, 0.1) is 11.3 Å². The van der Waals surface area contributed by atoms with E-state index < -0.39 is 0 Å². The molecule has 1 aliphatic carbocycles.